The summed E-state index contributed by atoms with van der Waals surface area (Å²) in [6, 6.07) is 25.6. The van der Waals surface area contributed by atoms with E-state index in [1.807, 2.05) is 49.5 Å². The van der Waals surface area contributed by atoms with Crippen LogP contribution < -0.4 is 4.74 Å². The number of likely N-dealkylation sites (N-methyl/N-ethyl adjacent to an activating group) is 1. The zero-order chi connectivity index (χ0) is 22.5. The Kier molecular flexibility index (Phi) is 6.55. The molecule has 5 heteroatoms. The summed E-state index contributed by atoms with van der Waals surface area (Å²) in [6.45, 7) is 1.42. The van der Waals surface area contributed by atoms with E-state index in [1.165, 1.54) is 0 Å². The molecule has 3 aromatic carbocycles. The van der Waals surface area contributed by atoms with Crippen LogP contribution in [0.5, 0.6) is 5.75 Å². The van der Waals surface area contributed by atoms with Crippen molar-refractivity contribution in [1.82, 2.24) is 9.80 Å². The molecule has 0 spiro atoms. The Bertz CT molecular complexity index is 1100. The number of hydrogen-bond acceptors (Lipinski definition) is 3. The van der Waals surface area contributed by atoms with Crippen LogP contribution in [-0.4, -0.2) is 55.4 Å². The Morgan fingerprint density at radius 2 is 1.72 bits per heavy atom. The molecule has 5 nitrogen and oxygen atoms in total. The van der Waals surface area contributed by atoms with Crippen molar-refractivity contribution >= 4 is 11.8 Å². The molecule has 4 rings (SSSR count). The summed E-state index contributed by atoms with van der Waals surface area (Å²) >= 11 is 0. The lowest BCUT2D eigenvalue weighted by Crippen LogP contribution is -2.37. The van der Waals surface area contributed by atoms with Gasteiger partial charge in [0.25, 0.3) is 5.91 Å². The van der Waals surface area contributed by atoms with Gasteiger partial charge in [-0.05, 0) is 41.3 Å². The molecule has 32 heavy (non-hydrogen) atoms. The molecular formula is C27H28N2O3. The molecule has 1 heterocycles. The molecule has 0 unspecified atom stereocenters. The lowest BCUT2D eigenvalue weighted by Gasteiger charge is -2.24. The molecule has 2 amide bonds. The lowest BCUT2D eigenvalue weighted by atomic mass is 9.91. The van der Waals surface area contributed by atoms with Gasteiger partial charge >= 0.3 is 0 Å². The van der Waals surface area contributed by atoms with Crippen molar-refractivity contribution in [2.45, 2.75) is 6.42 Å². The van der Waals surface area contributed by atoms with E-state index in [0.29, 0.717) is 37.4 Å². The number of ether oxygens (including phenoxy) is 1. The van der Waals surface area contributed by atoms with E-state index in [-0.39, 0.29) is 17.7 Å². The van der Waals surface area contributed by atoms with Gasteiger partial charge in [0.05, 0.1) is 13.0 Å². The predicted octanol–water partition coefficient (Wildman–Crippen LogP) is 4.14. The number of nitrogens with zero attached hydrogens (tertiary/aromatic N) is 2. The van der Waals surface area contributed by atoms with E-state index in [9.17, 15) is 9.59 Å². The van der Waals surface area contributed by atoms with E-state index in [2.05, 4.69) is 24.3 Å². The Morgan fingerprint density at radius 1 is 0.969 bits per heavy atom. The van der Waals surface area contributed by atoms with Crippen LogP contribution >= 0.6 is 0 Å². The molecule has 0 N–H and O–H groups in total. The second-order valence-corrected chi connectivity index (χ2v) is 8.17. The van der Waals surface area contributed by atoms with Crippen LogP contribution in [0.1, 0.15) is 15.9 Å². The second-order valence-electron chi connectivity index (χ2n) is 8.17. The van der Waals surface area contributed by atoms with Crippen molar-refractivity contribution in [3.8, 4) is 16.9 Å². The minimum absolute atomic E-state index is 0.0756. The highest BCUT2D eigenvalue weighted by atomic mass is 16.5. The van der Waals surface area contributed by atoms with E-state index in [1.54, 1.807) is 29.0 Å². The van der Waals surface area contributed by atoms with E-state index < -0.39 is 0 Å². The molecule has 3 aromatic rings. The van der Waals surface area contributed by atoms with Crippen molar-refractivity contribution in [3.05, 3.63) is 90.0 Å². The van der Waals surface area contributed by atoms with Crippen molar-refractivity contribution in [2.24, 2.45) is 5.92 Å². The summed E-state index contributed by atoms with van der Waals surface area (Å²) in [4.78, 5) is 30.0. The van der Waals surface area contributed by atoms with Gasteiger partial charge in [-0.2, -0.15) is 0 Å². The van der Waals surface area contributed by atoms with Gasteiger partial charge in [0.2, 0.25) is 5.91 Å². The van der Waals surface area contributed by atoms with Crippen LogP contribution in [0.3, 0.4) is 0 Å². The molecule has 1 aliphatic heterocycles. The van der Waals surface area contributed by atoms with E-state index >= 15 is 0 Å². The average molecular weight is 429 g/mol. The maximum absolute atomic E-state index is 13.3. The summed E-state index contributed by atoms with van der Waals surface area (Å²) in [5, 5.41) is 0. The number of methoxy groups -OCH3 is 1. The van der Waals surface area contributed by atoms with Crippen LogP contribution in [0.15, 0.2) is 78.9 Å². The zero-order valence-corrected chi connectivity index (χ0v) is 18.5. The molecule has 1 fully saturated rings. The summed E-state index contributed by atoms with van der Waals surface area (Å²) < 4.78 is 5.27. The van der Waals surface area contributed by atoms with Gasteiger partial charge in [0.1, 0.15) is 5.75 Å². The molecule has 1 aliphatic rings. The standard InChI is InChI=1S/C27H28N2O3/c1-28-15-16-29(27(31)22-12-8-13-24(18-22)32-2)19-23(26(28)30)17-21-11-6-7-14-25(21)20-9-4-3-5-10-20/h3-14,18,23H,15-17,19H2,1-2H3/t23-/m0/s1. The fraction of sp³-hybridized carbons (Fsp3) is 0.259. The number of hydrogen-bond donors (Lipinski definition) is 0. The van der Waals surface area contributed by atoms with Gasteiger partial charge in [-0.15, -0.1) is 0 Å². The van der Waals surface area contributed by atoms with Crippen LogP contribution in [0.4, 0.5) is 0 Å². The van der Waals surface area contributed by atoms with Gasteiger partial charge in [-0.1, -0.05) is 60.7 Å². The summed E-state index contributed by atoms with van der Waals surface area (Å²) in [7, 11) is 3.40. The fourth-order valence-corrected chi connectivity index (χ4v) is 4.27. The quantitative estimate of drug-likeness (QED) is 0.614. The minimum Gasteiger partial charge on any atom is -0.497 e. The molecule has 0 radical (unpaired) electrons. The molecular weight excluding hydrogens is 400 g/mol. The number of amides is 2. The highest BCUT2D eigenvalue weighted by Crippen LogP contribution is 2.27. The number of rotatable bonds is 5. The highest BCUT2D eigenvalue weighted by Gasteiger charge is 2.31. The zero-order valence-electron chi connectivity index (χ0n) is 18.5. The van der Waals surface area contributed by atoms with Crippen molar-refractivity contribution in [2.75, 3.05) is 33.8 Å². The molecule has 0 aliphatic carbocycles. The predicted molar refractivity (Wildman–Crippen MR) is 126 cm³/mol. The van der Waals surface area contributed by atoms with Gasteiger partial charge in [-0.3, -0.25) is 9.59 Å². The number of benzene rings is 3. The van der Waals surface area contributed by atoms with Gasteiger partial charge in [0, 0.05) is 32.2 Å². The Balaban J connectivity index is 1.61. The summed E-state index contributed by atoms with van der Waals surface area (Å²) in [5.41, 5.74) is 3.94. The first-order valence-electron chi connectivity index (χ1n) is 10.9. The number of carbonyl (C=O) groups excluding carboxylic acids is 2. The fourth-order valence-electron chi connectivity index (χ4n) is 4.27. The topological polar surface area (TPSA) is 49.9 Å². The Labute approximate surface area is 189 Å². The maximum atomic E-state index is 13.3. The molecule has 1 atom stereocenters. The lowest BCUT2D eigenvalue weighted by molar-refractivity contribution is -0.133. The molecule has 164 valence electrons. The van der Waals surface area contributed by atoms with Crippen LogP contribution in [0.25, 0.3) is 11.1 Å². The third kappa shape index (κ3) is 4.67. The van der Waals surface area contributed by atoms with Crippen LogP contribution in [0.2, 0.25) is 0 Å². The normalized spacial score (nSPS) is 16.6. The van der Waals surface area contributed by atoms with Crippen LogP contribution in [-0.2, 0) is 11.2 Å². The van der Waals surface area contributed by atoms with Crippen molar-refractivity contribution in [1.29, 1.82) is 0 Å². The molecule has 0 aromatic heterocycles. The first kappa shape index (κ1) is 21.6. The Morgan fingerprint density at radius 3 is 2.50 bits per heavy atom. The summed E-state index contributed by atoms with van der Waals surface area (Å²) in [5.74, 6) is 0.344. The van der Waals surface area contributed by atoms with Crippen molar-refractivity contribution < 1.29 is 14.3 Å². The molecule has 0 bridgehead atoms. The maximum Gasteiger partial charge on any atom is 0.254 e. The third-order valence-electron chi connectivity index (χ3n) is 6.04. The molecule has 1 saturated heterocycles. The molecule has 0 saturated carbocycles. The van der Waals surface area contributed by atoms with Gasteiger partial charge in [-0.25, -0.2) is 0 Å². The second kappa shape index (κ2) is 9.69. The van der Waals surface area contributed by atoms with Crippen molar-refractivity contribution in [3.63, 3.8) is 0 Å². The van der Waals surface area contributed by atoms with Gasteiger partial charge < -0.3 is 14.5 Å². The SMILES string of the molecule is COc1cccc(C(=O)N2CCN(C)C(=O)[C@@H](Cc3ccccc3-c3ccccc3)C2)c1. The highest BCUT2D eigenvalue weighted by molar-refractivity contribution is 5.95. The minimum atomic E-state index is -0.304. The van der Waals surface area contributed by atoms with Crippen LogP contribution in [0, 0.1) is 5.92 Å². The van der Waals surface area contributed by atoms with Gasteiger partial charge in [0.15, 0.2) is 0 Å². The average Bonchev–Trinajstić information content (AvgIpc) is 2.98. The third-order valence-corrected chi connectivity index (χ3v) is 6.04. The smallest absolute Gasteiger partial charge is 0.254 e. The number of carbonyl (C=O) groups is 2. The Hall–Kier alpha value is -3.60. The van der Waals surface area contributed by atoms with E-state index in [4.69, 9.17) is 4.74 Å². The summed E-state index contributed by atoms with van der Waals surface area (Å²) in [6.07, 6.45) is 0.579. The van der Waals surface area contributed by atoms with E-state index in [0.717, 1.165) is 16.7 Å². The first-order valence-corrected chi connectivity index (χ1v) is 10.9. The largest absolute Gasteiger partial charge is 0.497 e. The monoisotopic (exact) mass is 428 g/mol. The first-order chi connectivity index (χ1) is 15.6.